The van der Waals surface area contributed by atoms with E-state index in [0.717, 1.165) is 12.8 Å². The molecule has 0 radical (unpaired) electrons. The summed E-state index contributed by atoms with van der Waals surface area (Å²) >= 11 is 6.16. The largest absolute Gasteiger partial charge is 0.342 e. The first-order valence-electron chi connectivity index (χ1n) is 12.9. The number of rotatable bonds is 7. The van der Waals surface area contributed by atoms with Crippen molar-refractivity contribution in [2.45, 2.75) is 78.4 Å². The first kappa shape index (κ1) is 26.4. The molecule has 0 bridgehead atoms. The van der Waals surface area contributed by atoms with Crippen LogP contribution in [0.25, 0.3) is 0 Å². The van der Waals surface area contributed by atoms with Crippen molar-refractivity contribution in [1.82, 2.24) is 10.2 Å². The lowest BCUT2D eigenvalue weighted by molar-refractivity contribution is -0.157. The highest BCUT2D eigenvalue weighted by Crippen LogP contribution is 2.37. The summed E-state index contributed by atoms with van der Waals surface area (Å²) in [7, 11) is 0. The van der Waals surface area contributed by atoms with Crippen LogP contribution < -0.4 is 5.32 Å². The normalized spacial score (nSPS) is 21.5. The number of hydrogen-bond acceptors (Lipinski definition) is 3. The molecule has 192 valence electrons. The van der Waals surface area contributed by atoms with Crippen LogP contribution in [-0.4, -0.2) is 34.6 Å². The van der Waals surface area contributed by atoms with Crippen LogP contribution in [0.4, 0.5) is 0 Å². The second kappa shape index (κ2) is 10.4. The van der Waals surface area contributed by atoms with Gasteiger partial charge in [0.2, 0.25) is 11.8 Å². The van der Waals surface area contributed by atoms with Gasteiger partial charge in [-0.25, -0.2) is 0 Å². The highest BCUT2D eigenvalue weighted by molar-refractivity contribution is 6.30. The summed E-state index contributed by atoms with van der Waals surface area (Å²) in [6, 6.07) is 13.1. The van der Waals surface area contributed by atoms with Crippen LogP contribution in [0.3, 0.4) is 0 Å². The molecule has 1 heterocycles. The van der Waals surface area contributed by atoms with Gasteiger partial charge in [0.1, 0.15) is 18.1 Å². The van der Waals surface area contributed by atoms with Crippen molar-refractivity contribution in [2.75, 3.05) is 0 Å². The topological polar surface area (TPSA) is 66.5 Å². The summed E-state index contributed by atoms with van der Waals surface area (Å²) in [6.07, 6.45) is 2.25. The molecular formula is C30H37ClN2O3. The number of benzene rings is 2. The number of amides is 2. The first-order chi connectivity index (χ1) is 16.9. The molecule has 1 fully saturated rings. The summed E-state index contributed by atoms with van der Waals surface area (Å²) in [6.45, 7) is 10.1. The van der Waals surface area contributed by atoms with Gasteiger partial charge in [0.25, 0.3) is 0 Å². The number of piperazine rings is 1. The average Bonchev–Trinajstić information content (AvgIpc) is 3.22. The number of nitrogens with one attached hydrogen (secondary N) is 1. The minimum absolute atomic E-state index is 0.0371. The molecule has 36 heavy (non-hydrogen) atoms. The molecule has 6 heteroatoms. The van der Waals surface area contributed by atoms with Gasteiger partial charge < -0.3 is 10.2 Å². The standard InChI is InChI=1S/C30H37ClN2O3/c1-18(2)14-24-28(35)32-26(22-15-20-8-6-7-9-21(20)16-22)29(36)33(24)27(25(34)17-30(3,4)5)19-10-12-23(31)13-11-19/h6-13,18,22,24,26-27H,14-17H2,1-5H3,(H,32,35)/t24-,26-,27-/m1/s1. The van der Waals surface area contributed by atoms with Gasteiger partial charge in [-0.2, -0.15) is 0 Å². The lowest BCUT2D eigenvalue weighted by Crippen LogP contribution is -2.66. The van der Waals surface area contributed by atoms with Crippen molar-refractivity contribution in [3.63, 3.8) is 0 Å². The van der Waals surface area contributed by atoms with E-state index in [1.165, 1.54) is 11.1 Å². The fourth-order valence-electron chi connectivity index (χ4n) is 5.64. The minimum atomic E-state index is -0.838. The molecule has 1 aliphatic heterocycles. The van der Waals surface area contributed by atoms with E-state index in [1.807, 2.05) is 46.8 Å². The first-order valence-corrected chi connectivity index (χ1v) is 13.3. The zero-order chi connectivity index (χ0) is 26.2. The number of ketones is 1. The Labute approximate surface area is 219 Å². The monoisotopic (exact) mass is 508 g/mol. The molecular weight excluding hydrogens is 472 g/mol. The lowest BCUT2D eigenvalue weighted by atomic mass is 9.83. The van der Waals surface area contributed by atoms with E-state index in [0.29, 0.717) is 23.4 Å². The van der Waals surface area contributed by atoms with Gasteiger partial charge in [-0.1, -0.05) is 82.6 Å². The van der Waals surface area contributed by atoms with Crippen LogP contribution in [0.2, 0.25) is 5.02 Å². The maximum Gasteiger partial charge on any atom is 0.247 e. The fraction of sp³-hybridized carbons (Fsp3) is 0.500. The predicted molar refractivity (Wildman–Crippen MR) is 143 cm³/mol. The number of carbonyl (C=O) groups is 3. The van der Waals surface area contributed by atoms with E-state index in [-0.39, 0.29) is 34.8 Å². The van der Waals surface area contributed by atoms with Gasteiger partial charge >= 0.3 is 0 Å². The molecule has 2 aromatic carbocycles. The molecule has 2 aromatic rings. The van der Waals surface area contributed by atoms with Gasteiger partial charge in [-0.3, -0.25) is 14.4 Å². The van der Waals surface area contributed by atoms with Crippen LogP contribution in [0.15, 0.2) is 48.5 Å². The Bertz CT molecular complexity index is 1110. The van der Waals surface area contributed by atoms with Crippen molar-refractivity contribution >= 4 is 29.2 Å². The minimum Gasteiger partial charge on any atom is -0.342 e. The molecule has 3 atom stereocenters. The van der Waals surface area contributed by atoms with Gasteiger partial charge in [0, 0.05) is 11.4 Å². The van der Waals surface area contributed by atoms with E-state index in [4.69, 9.17) is 11.6 Å². The third-order valence-corrected chi connectivity index (χ3v) is 7.43. The molecule has 1 aliphatic carbocycles. The third-order valence-electron chi connectivity index (χ3n) is 7.18. The molecule has 0 spiro atoms. The second-order valence-corrected chi connectivity index (χ2v) is 12.4. The summed E-state index contributed by atoms with van der Waals surface area (Å²) in [5.41, 5.74) is 2.87. The van der Waals surface area contributed by atoms with Crippen molar-refractivity contribution in [3.05, 3.63) is 70.2 Å². The highest BCUT2D eigenvalue weighted by atomic mass is 35.5. The van der Waals surface area contributed by atoms with E-state index < -0.39 is 18.1 Å². The maximum absolute atomic E-state index is 14.3. The molecule has 1 saturated heterocycles. The summed E-state index contributed by atoms with van der Waals surface area (Å²) in [4.78, 5) is 43.4. The smallest absolute Gasteiger partial charge is 0.247 e. The summed E-state index contributed by atoms with van der Waals surface area (Å²) < 4.78 is 0. The van der Waals surface area contributed by atoms with E-state index in [9.17, 15) is 14.4 Å². The van der Waals surface area contributed by atoms with E-state index in [1.54, 1.807) is 29.2 Å². The third kappa shape index (κ3) is 5.67. The lowest BCUT2D eigenvalue weighted by Gasteiger charge is -2.45. The Hall–Kier alpha value is -2.66. The maximum atomic E-state index is 14.3. The fourth-order valence-corrected chi connectivity index (χ4v) is 5.77. The number of halogens is 1. The van der Waals surface area contributed by atoms with Crippen LogP contribution in [0.1, 0.15) is 70.2 Å². The number of hydrogen-bond donors (Lipinski definition) is 1. The van der Waals surface area contributed by atoms with Crippen LogP contribution in [-0.2, 0) is 27.2 Å². The van der Waals surface area contributed by atoms with Crippen LogP contribution in [0, 0.1) is 17.3 Å². The molecule has 2 aliphatic rings. The molecule has 2 amide bonds. The molecule has 0 saturated carbocycles. The molecule has 0 unspecified atom stereocenters. The molecule has 0 aromatic heterocycles. The zero-order valence-corrected chi connectivity index (χ0v) is 22.6. The van der Waals surface area contributed by atoms with Crippen molar-refractivity contribution in [2.24, 2.45) is 17.3 Å². The number of Topliss-reactive ketones (excluding diaryl/α,β-unsaturated/α-hetero) is 1. The van der Waals surface area contributed by atoms with Crippen molar-refractivity contribution in [1.29, 1.82) is 0 Å². The second-order valence-electron chi connectivity index (χ2n) is 12.0. The summed E-state index contributed by atoms with van der Waals surface area (Å²) in [5, 5.41) is 3.63. The molecule has 4 rings (SSSR count). The molecule has 5 nitrogen and oxygen atoms in total. The van der Waals surface area contributed by atoms with Gasteiger partial charge in [-0.05, 0) is 65.3 Å². The van der Waals surface area contributed by atoms with Gasteiger partial charge in [0.05, 0.1) is 0 Å². The average molecular weight is 509 g/mol. The number of carbonyl (C=O) groups excluding carboxylic acids is 3. The van der Waals surface area contributed by atoms with E-state index >= 15 is 0 Å². The van der Waals surface area contributed by atoms with Crippen LogP contribution >= 0.6 is 11.6 Å². The number of fused-ring (bicyclic) bond motifs is 1. The predicted octanol–water partition coefficient (Wildman–Crippen LogP) is 5.54. The Morgan fingerprint density at radius 3 is 2.14 bits per heavy atom. The Morgan fingerprint density at radius 1 is 1.03 bits per heavy atom. The summed E-state index contributed by atoms with van der Waals surface area (Å²) in [5.74, 6) is -0.265. The zero-order valence-electron chi connectivity index (χ0n) is 21.9. The Balaban J connectivity index is 1.76. The SMILES string of the molecule is CC(C)C[C@@H]1C(=O)N[C@H](C2Cc3ccccc3C2)C(=O)N1[C@@H](C(=O)CC(C)(C)C)c1ccc(Cl)cc1. The number of nitrogens with zero attached hydrogens (tertiary/aromatic N) is 1. The van der Waals surface area contributed by atoms with Gasteiger partial charge in [-0.15, -0.1) is 0 Å². The van der Waals surface area contributed by atoms with Crippen LogP contribution in [0.5, 0.6) is 0 Å². The quantitative estimate of drug-likeness (QED) is 0.533. The Morgan fingerprint density at radius 2 is 1.61 bits per heavy atom. The van der Waals surface area contributed by atoms with Crippen molar-refractivity contribution in [3.8, 4) is 0 Å². The van der Waals surface area contributed by atoms with E-state index in [2.05, 4.69) is 17.4 Å². The van der Waals surface area contributed by atoms with Gasteiger partial charge in [0.15, 0.2) is 5.78 Å². The Kier molecular flexibility index (Phi) is 7.61. The molecule has 1 N–H and O–H groups in total. The highest BCUT2D eigenvalue weighted by Gasteiger charge is 2.49. The van der Waals surface area contributed by atoms with Crippen molar-refractivity contribution < 1.29 is 14.4 Å².